The van der Waals surface area contributed by atoms with Crippen molar-refractivity contribution in [3.05, 3.63) is 58.9 Å². The van der Waals surface area contributed by atoms with Crippen LogP contribution in [0.4, 0.5) is 5.69 Å². The number of hydrogen-bond donors (Lipinski definition) is 4. The van der Waals surface area contributed by atoms with Crippen molar-refractivity contribution in [2.45, 2.75) is 13.3 Å². The van der Waals surface area contributed by atoms with Gasteiger partial charge in [-0.15, -0.1) is 0 Å². The number of pyridine rings is 1. The Morgan fingerprint density at radius 3 is 2.75 bits per heavy atom. The molecule has 3 aromatic rings. The summed E-state index contributed by atoms with van der Waals surface area (Å²) < 4.78 is 4.70. The van der Waals surface area contributed by atoms with Gasteiger partial charge in [-0.2, -0.15) is 0 Å². The Morgan fingerprint density at radius 2 is 2.04 bits per heavy atom. The van der Waals surface area contributed by atoms with E-state index in [0.717, 1.165) is 16.8 Å². The molecule has 0 bridgehead atoms. The molecule has 0 saturated heterocycles. The van der Waals surface area contributed by atoms with E-state index < -0.39 is 0 Å². The van der Waals surface area contributed by atoms with E-state index in [9.17, 15) is 4.79 Å². The highest BCUT2D eigenvalue weighted by Crippen LogP contribution is 2.25. The third-order valence-electron chi connectivity index (χ3n) is 4.25. The van der Waals surface area contributed by atoms with Gasteiger partial charge in [0.25, 0.3) is 5.91 Å². The second kappa shape index (κ2) is 8.30. The highest BCUT2D eigenvalue weighted by atomic mass is 16.6. The number of hydrogen-bond acceptors (Lipinski definition) is 8. The highest BCUT2D eigenvalue weighted by molar-refractivity contribution is 6.00. The first-order valence-corrected chi connectivity index (χ1v) is 8.65. The minimum absolute atomic E-state index is 0.159. The van der Waals surface area contributed by atoms with Crippen LogP contribution in [0.3, 0.4) is 0 Å². The average Bonchev–Trinajstić information content (AvgIpc) is 3.16. The van der Waals surface area contributed by atoms with E-state index in [1.54, 1.807) is 31.5 Å². The molecule has 1 amide bonds. The standard InChI is InChI=1S/C19H21N7O2/c1-11-15(16(21)17-18(24-11)26-28-25-17)9-12-3-5-13(6-4-12)19(27)23-10-14(20)7-8-22-2/h3-8,20,22H,9-10,21H2,1-2H3,(H,23,27)/b8-7-,20-14?. The summed E-state index contributed by atoms with van der Waals surface area (Å²) >= 11 is 0. The van der Waals surface area contributed by atoms with Crippen LogP contribution in [0, 0.1) is 12.3 Å². The number of carbonyl (C=O) groups is 1. The van der Waals surface area contributed by atoms with Crippen LogP contribution in [0.2, 0.25) is 0 Å². The SMILES string of the molecule is CN/C=C\C(=N)CNC(=O)c1ccc(Cc2c(C)nc3nonc3c2N)cc1. The topological polar surface area (TPSA) is 143 Å². The van der Waals surface area contributed by atoms with Gasteiger partial charge in [-0.1, -0.05) is 12.1 Å². The van der Waals surface area contributed by atoms with Gasteiger partial charge in [-0.05, 0) is 47.2 Å². The van der Waals surface area contributed by atoms with Crippen LogP contribution >= 0.6 is 0 Å². The lowest BCUT2D eigenvalue weighted by molar-refractivity contribution is 0.0959. The number of fused-ring (bicyclic) bond motifs is 1. The second-order valence-corrected chi connectivity index (χ2v) is 6.23. The Bertz CT molecular complexity index is 1040. The van der Waals surface area contributed by atoms with E-state index in [2.05, 4.69) is 25.9 Å². The Balaban J connectivity index is 1.69. The molecule has 1 aromatic carbocycles. The normalized spacial score (nSPS) is 11.1. The van der Waals surface area contributed by atoms with Crippen molar-refractivity contribution in [1.29, 1.82) is 5.41 Å². The van der Waals surface area contributed by atoms with E-state index in [-0.39, 0.29) is 12.5 Å². The minimum Gasteiger partial charge on any atom is -0.396 e. The monoisotopic (exact) mass is 379 g/mol. The molecule has 9 heteroatoms. The molecule has 0 atom stereocenters. The summed E-state index contributed by atoms with van der Waals surface area (Å²) in [4.78, 5) is 16.6. The van der Waals surface area contributed by atoms with Crippen LogP contribution < -0.4 is 16.4 Å². The number of amides is 1. The predicted octanol–water partition coefficient (Wildman–Crippen LogP) is 1.58. The maximum absolute atomic E-state index is 12.2. The highest BCUT2D eigenvalue weighted by Gasteiger charge is 2.15. The van der Waals surface area contributed by atoms with E-state index in [4.69, 9.17) is 15.8 Å². The second-order valence-electron chi connectivity index (χ2n) is 6.23. The molecule has 144 valence electrons. The van der Waals surface area contributed by atoms with Crippen LogP contribution in [0.25, 0.3) is 11.2 Å². The summed E-state index contributed by atoms with van der Waals surface area (Å²) in [7, 11) is 1.75. The van der Waals surface area contributed by atoms with Crippen molar-refractivity contribution in [1.82, 2.24) is 25.9 Å². The molecule has 0 saturated carbocycles. The van der Waals surface area contributed by atoms with Crippen molar-refractivity contribution < 1.29 is 9.42 Å². The molecule has 9 nitrogen and oxygen atoms in total. The van der Waals surface area contributed by atoms with Gasteiger partial charge in [0.15, 0.2) is 5.52 Å². The lowest BCUT2D eigenvalue weighted by Crippen LogP contribution is -2.28. The quantitative estimate of drug-likeness (QED) is 0.456. The zero-order valence-electron chi connectivity index (χ0n) is 15.6. The van der Waals surface area contributed by atoms with Gasteiger partial charge in [0.2, 0.25) is 5.65 Å². The lowest BCUT2D eigenvalue weighted by Gasteiger charge is -2.10. The zero-order chi connectivity index (χ0) is 20.1. The molecule has 0 aliphatic carbocycles. The Kier molecular flexibility index (Phi) is 5.64. The van der Waals surface area contributed by atoms with Crippen molar-refractivity contribution in [3.63, 3.8) is 0 Å². The van der Waals surface area contributed by atoms with Crippen molar-refractivity contribution >= 4 is 28.5 Å². The minimum atomic E-state index is -0.235. The van der Waals surface area contributed by atoms with Crippen molar-refractivity contribution in [2.24, 2.45) is 0 Å². The summed E-state index contributed by atoms with van der Waals surface area (Å²) in [5.74, 6) is -0.235. The molecule has 2 aromatic heterocycles. The molecule has 0 fully saturated rings. The molecular formula is C19H21N7O2. The Morgan fingerprint density at radius 1 is 1.29 bits per heavy atom. The summed E-state index contributed by atoms with van der Waals surface area (Å²) in [5, 5.41) is 20.8. The first-order chi connectivity index (χ1) is 13.5. The van der Waals surface area contributed by atoms with Gasteiger partial charge in [0.05, 0.1) is 17.9 Å². The largest absolute Gasteiger partial charge is 0.396 e. The molecule has 0 radical (unpaired) electrons. The first-order valence-electron chi connectivity index (χ1n) is 8.65. The first kappa shape index (κ1) is 19.0. The summed E-state index contributed by atoms with van der Waals surface area (Å²) in [6, 6.07) is 7.22. The fraction of sp³-hybridized carbons (Fsp3) is 0.211. The Labute approximate surface area is 161 Å². The third kappa shape index (κ3) is 4.14. The van der Waals surface area contributed by atoms with Gasteiger partial charge >= 0.3 is 0 Å². The number of benzene rings is 1. The van der Waals surface area contributed by atoms with Gasteiger partial charge in [0, 0.05) is 30.3 Å². The van der Waals surface area contributed by atoms with Gasteiger partial charge in [-0.25, -0.2) is 9.61 Å². The maximum atomic E-state index is 12.2. The van der Waals surface area contributed by atoms with E-state index in [1.807, 2.05) is 19.1 Å². The molecule has 0 unspecified atom stereocenters. The van der Waals surface area contributed by atoms with E-state index >= 15 is 0 Å². The number of rotatable bonds is 7. The predicted molar refractivity (Wildman–Crippen MR) is 106 cm³/mol. The number of aryl methyl sites for hydroxylation is 1. The van der Waals surface area contributed by atoms with Gasteiger partial charge in [-0.3, -0.25) is 4.79 Å². The van der Waals surface area contributed by atoms with Crippen molar-refractivity contribution in [3.8, 4) is 0 Å². The Hall–Kier alpha value is -3.75. The lowest BCUT2D eigenvalue weighted by atomic mass is 10.0. The van der Waals surface area contributed by atoms with Crippen LogP contribution in [0.5, 0.6) is 0 Å². The summed E-state index contributed by atoms with van der Waals surface area (Å²) in [6.07, 6.45) is 3.78. The van der Waals surface area contributed by atoms with Gasteiger partial charge < -0.3 is 21.8 Å². The molecule has 0 spiro atoms. The molecule has 0 aliphatic heterocycles. The van der Waals surface area contributed by atoms with E-state index in [1.165, 1.54) is 0 Å². The maximum Gasteiger partial charge on any atom is 0.251 e. The summed E-state index contributed by atoms with van der Waals surface area (Å²) in [5.41, 5.74) is 10.9. The number of nitrogens with two attached hydrogens (primary N) is 1. The molecule has 0 aliphatic rings. The van der Waals surface area contributed by atoms with Crippen LogP contribution in [-0.4, -0.2) is 40.5 Å². The number of carbonyl (C=O) groups excluding carboxylic acids is 1. The van der Waals surface area contributed by atoms with Crippen LogP contribution in [0.15, 0.2) is 41.2 Å². The fourth-order valence-corrected chi connectivity index (χ4v) is 2.71. The number of nitrogens with one attached hydrogen (secondary N) is 3. The van der Waals surface area contributed by atoms with Crippen molar-refractivity contribution in [2.75, 3.05) is 19.3 Å². The van der Waals surface area contributed by atoms with Crippen LogP contribution in [0.1, 0.15) is 27.2 Å². The average molecular weight is 379 g/mol. The van der Waals surface area contributed by atoms with E-state index in [0.29, 0.717) is 34.5 Å². The van der Waals surface area contributed by atoms with Crippen LogP contribution in [-0.2, 0) is 6.42 Å². The number of nitrogens with zero attached hydrogens (tertiary/aromatic N) is 3. The molecule has 5 N–H and O–H groups in total. The molecular weight excluding hydrogens is 358 g/mol. The number of aromatic nitrogens is 3. The smallest absolute Gasteiger partial charge is 0.251 e. The third-order valence-corrected chi connectivity index (χ3v) is 4.25. The number of anilines is 1. The molecule has 3 rings (SSSR count). The van der Waals surface area contributed by atoms with Gasteiger partial charge in [0.1, 0.15) is 0 Å². The summed E-state index contributed by atoms with van der Waals surface area (Å²) in [6.45, 7) is 2.02. The zero-order valence-corrected chi connectivity index (χ0v) is 15.6. The fourth-order valence-electron chi connectivity index (χ4n) is 2.71. The molecule has 28 heavy (non-hydrogen) atoms. The number of nitrogen functional groups attached to an aromatic ring is 1. The molecule has 2 heterocycles.